The number of carbonyl (C=O) groups is 1. The SMILES string of the molecule is CC(O)CCC1(/C=C/C(=O)O)OCCO1. The van der Waals surface area contributed by atoms with Crippen molar-refractivity contribution in [3.8, 4) is 0 Å². The predicted octanol–water partition coefficient (Wildman–Crippen LogP) is 0.531. The molecule has 1 saturated heterocycles. The van der Waals surface area contributed by atoms with Gasteiger partial charge in [-0.2, -0.15) is 0 Å². The minimum absolute atomic E-state index is 0.448. The Morgan fingerprint density at radius 3 is 2.60 bits per heavy atom. The Bertz CT molecular complexity index is 240. The van der Waals surface area contributed by atoms with Crippen molar-refractivity contribution in [1.29, 1.82) is 0 Å². The molecule has 1 unspecified atom stereocenters. The Kier molecular flexibility index (Phi) is 4.26. The topological polar surface area (TPSA) is 76.0 Å². The molecule has 1 rings (SSSR count). The summed E-state index contributed by atoms with van der Waals surface area (Å²) in [5.41, 5.74) is 0. The van der Waals surface area contributed by atoms with E-state index in [1.54, 1.807) is 6.92 Å². The molecule has 0 saturated carbocycles. The molecule has 0 spiro atoms. The summed E-state index contributed by atoms with van der Waals surface area (Å²) in [6, 6.07) is 0. The number of aliphatic hydroxyl groups excluding tert-OH is 1. The minimum atomic E-state index is -1.04. The molecule has 1 aliphatic rings. The zero-order valence-corrected chi connectivity index (χ0v) is 8.68. The van der Waals surface area contributed by atoms with Crippen molar-refractivity contribution in [3.63, 3.8) is 0 Å². The highest BCUT2D eigenvalue weighted by Crippen LogP contribution is 2.27. The van der Waals surface area contributed by atoms with Crippen LogP contribution < -0.4 is 0 Å². The second-order valence-corrected chi connectivity index (χ2v) is 3.57. The lowest BCUT2D eigenvalue weighted by atomic mass is 10.1. The molecule has 1 heterocycles. The molecule has 0 radical (unpaired) electrons. The third kappa shape index (κ3) is 3.99. The van der Waals surface area contributed by atoms with Crippen LogP contribution in [0.3, 0.4) is 0 Å². The van der Waals surface area contributed by atoms with Crippen LogP contribution in [0, 0.1) is 0 Å². The number of aliphatic hydroxyl groups is 1. The fourth-order valence-corrected chi connectivity index (χ4v) is 1.40. The van der Waals surface area contributed by atoms with E-state index < -0.39 is 17.9 Å². The van der Waals surface area contributed by atoms with Crippen molar-refractivity contribution in [1.82, 2.24) is 0 Å². The third-order valence-electron chi connectivity index (χ3n) is 2.17. The van der Waals surface area contributed by atoms with Crippen molar-refractivity contribution in [3.05, 3.63) is 12.2 Å². The summed E-state index contributed by atoms with van der Waals surface area (Å²) in [5.74, 6) is -2.00. The van der Waals surface area contributed by atoms with Crippen LogP contribution in [-0.4, -0.2) is 41.3 Å². The minimum Gasteiger partial charge on any atom is -0.478 e. The van der Waals surface area contributed by atoms with Gasteiger partial charge in [-0.1, -0.05) is 0 Å². The number of ether oxygens (including phenoxy) is 2. The molecule has 0 bridgehead atoms. The molecule has 0 aliphatic carbocycles. The highest BCUT2D eigenvalue weighted by Gasteiger charge is 2.33. The van der Waals surface area contributed by atoms with Crippen molar-refractivity contribution < 1.29 is 24.5 Å². The van der Waals surface area contributed by atoms with E-state index in [1.807, 2.05) is 0 Å². The molecule has 0 aromatic rings. The van der Waals surface area contributed by atoms with Crippen LogP contribution in [0.4, 0.5) is 0 Å². The lowest BCUT2D eigenvalue weighted by molar-refractivity contribution is -0.134. The van der Waals surface area contributed by atoms with Gasteiger partial charge in [-0.15, -0.1) is 0 Å². The van der Waals surface area contributed by atoms with E-state index in [1.165, 1.54) is 6.08 Å². The molecule has 0 aromatic heterocycles. The Hall–Kier alpha value is -0.910. The van der Waals surface area contributed by atoms with Crippen LogP contribution in [0.15, 0.2) is 12.2 Å². The molecule has 0 amide bonds. The molecule has 1 aliphatic heterocycles. The van der Waals surface area contributed by atoms with Crippen molar-refractivity contribution in [2.24, 2.45) is 0 Å². The number of carboxylic acids is 1. The number of carboxylic acid groups (broad SMARTS) is 1. The molecule has 5 nitrogen and oxygen atoms in total. The first-order chi connectivity index (χ1) is 7.04. The summed E-state index contributed by atoms with van der Waals surface area (Å²) in [7, 11) is 0. The highest BCUT2D eigenvalue weighted by atomic mass is 16.7. The van der Waals surface area contributed by atoms with Gasteiger partial charge in [0.1, 0.15) is 0 Å². The van der Waals surface area contributed by atoms with Crippen molar-refractivity contribution in [2.45, 2.75) is 31.7 Å². The van der Waals surface area contributed by atoms with Crippen LogP contribution in [0.5, 0.6) is 0 Å². The van der Waals surface area contributed by atoms with Gasteiger partial charge in [-0.3, -0.25) is 0 Å². The van der Waals surface area contributed by atoms with Gasteiger partial charge in [0, 0.05) is 12.5 Å². The molecular weight excluding hydrogens is 200 g/mol. The number of hydrogen-bond acceptors (Lipinski definition) is 4. The van der Waals surface area contributed by atoms with Crippen molar-refractivity contribution in [2.75, 3.05) is 13.2 Å². The molecular formula is C10H16O5. The molecule has 15 heavy (non-hydrogen) atoms. The summed E-state index contributed by atoms with van der Waals surface area (Å²) >= 11 is 0. The third-order valence-corrected chi connectivity index (χ3v) is 2.17. The Balaban J connectivity index is 2.57. The summed E-state index contributed by atoms with van der Waals surface area (Å²) in [5, 5.41) is 17.7. The molecule has 0 aromatic carbocycles. The fraction of sp³-hybridized carbons (Fsp3) is 0.700. The van der Waals surface area contributed by atoms with Gasteiger partial charge in [0.2, 0.25) is 0 Å². The van der Waals surface area contributed by atoms with Gasteiger partial charge in [0.25, 0.3) is 0 Å². The molecule has 86 valence electrons. The fourth-order valence-electron chi connectivity index (χ4n) is 1.40. The zero-order valence-electron chi connectivity index (χ0n) is 8.68. The molecule has 5 heteroatoms. The van der Waals surface area contributed by atoms with Crippen LogP contribution in [0.1, 0.15) is 19.8 Å². The van der Waals surface area contributed by atoms with Gasteiger partial charge in [0.05, 0.1) is 19.3 Å². The van der Waals surface area contributed by atoms with Crippen molar-refractivity contribution >= 4 is 5.97 Å². The normalized spacial score (nSPS) is 22.0. The smallest absolute Gasteiger partial charge is 0.328 e. The summed E-state index contributed by atoms with van der Waals surface area (Å²) < 4.78 is 10.7. The number of hydrogen-bond donors (Lipinski definition) is 2. The Labute approximate surface area is 88.3 Å². The predicted molar refractivity (Wildman–Crippen MR) is 52.3 cm³/mol. The van der Waals surface area contributed by atoms with E-state index in [9.17, 15) is 4.79 Å². The summed E-state index contributed by atoms with van der Waals surface area (Å²) in [4.78, 5) is 10.4. The quantitative estimate of drug-likeness (QED) is 0.656. The van der Waals surface area contributed by atoms with Crippen LogP contribution in [-0.2, 0) is 14.3 Å². The zero-order chi connectivity index (χ0) is 11.3. The first kappa shape index (κ1) is 12.2. The average Bonchev–Trinajstić information content (AvgIpc) is 2.61. The van der Waals surface area contributed by atoms with E-state index >= 15 is 0 Å². The Morgan fingerprint density at radius 2 is 2.13 bits per heavy atom. The van der Waals surface area contributed by atoms with Crippen LogP contribution in [0.2, 0.25) is 0 Å². The van der Waals surface area contributed by atoms with Gasteiger partial charge in [-0.05, 0) is 19.4 Å². The van der Waals surface area contributed by atoms with E-state index in [0.29, 0.717) is 26.1 Å². The molecule has 2 N–H and O–H groups in total. The monoisotopic (exact) mass is 216 g/mol. The van der Waals surface area contributed by atoms with E-state index in [0.717, 1.165) is 6.08 Å². The maximum Gasteiger partial charge on any atom is 0.328 e. The van der Waals surface area contributed by atoms with E-state index in [2.05, 4.69) is 0 Å². The summed E-state index contributed by atoms with van der Waals surface area (Å²) in [6.07, 6.45) is 2.91. The summed E-state index contributed by atoms with van der Waals surface area (Å²) in [6.45, 7) is 2.57. The van der Waals surface area contributed by atoms with Gasteiger partial charge in [0.15, 0.2) is 5.79 Å². The highest BCUT2D eigenvalue weighted by molar-refractivity contribution is 5.79. The standard InChI is InChI=1S/C10H16O5/c1-8(11)2-4-10(5-3-9(12)13)14-6-7-15-10/h3,5,8,11H,2,4,6-7H2,1H3,(H,12,13)/b5-3+. The van der Waals surface area contributed by atoms with Crippen LogP contribution in [0.25, 0.3) is 0 Å². The largest absolute Gasteiger partial charge is 0.478 e. The Morgan fingerprint density at radius 1 is 1.53 bits per heavy atom. The molecule has 1 fully saturated rings. The second kappa shape index (κ2) is 5.25. The number of rotatable bonds is 5. The van der Waals surface area contributed by atoms with Gasteiger partial charge >= 0.3 is 5.97 Å². The van der Waals surface area contributed by atoms with Crippen LogP contribution >= 0.6 is 0 Å². The first-order valence-electron chi connectivity index (χ1n) is 4.92. The first-order valence-corrected chi connectivity index (χ1v) is 4.92. The molecule has 1 atom stereocenters. The number of aliphatic carboxylic acids is 1. The second-order valence-electron chi connectivity index (χ2n) is 3.57. The lowest BCUT2D eigenvalue weighted by Gasteiger charge is -2.23. The van der Waals surface area contributed by atoms with Gasteiger partial charge in [-0.25, -0.2) is 4.79 Å². The van der Waals surface area contributed by atoms with Gasteiger partial charge < -0.3 is 19.7 Å². The maximum atomic E-state index is 10.4. The van der Waals surface area contributed by atoms with E-state index in [4.69, 9.17) is 19.7 Å². The average molecular weight is 216 g/mol. The van der Waals surface area contributed by atoms with E-state index in [-0.39, 0.29) is 0 Å². The maximum absolute atomic E-state index is 10.4. The lowest BCUT2D eigenvalue weighted by Crippen LogP contribution is -2.28.